The van der Waals surface area contributed by atoms with Crippen molar-refractivity contribution in [2.24, 2.45) is 0 Å². The number of anilines is 1. The van der Waals surface area contributed by atoms with Gasteiger partial charge in [-0.1, -0.05) is 17.3 Å². The molecule has 1 N–H and O–H groups in total. The smallest absolute Gasteiger partial charge is 0.257 e. The number of pyridine rings is 1. The fourth-order valence-electron chi connectivity index (χ4n) is 3.98. The van der Waals surface area contributed by atoms with Crippen molar-refractivity contribution in [1.82, 2.24) is 19.9 Å². The van der Waals surface area contributed by atoms with Crippen LogP contribution in [0.25, 0.3) is 22.3 Å². The van der Waals surface area contributed by atoms with E-state index in [1.807, 2.05) is 0 Å². The summed E-state index contributed by atoms with van der Waals surface area (Å²) in [7, 11) is -3.18. The number of hydrogen-bond donors (Lipinski definition) is 1. The lowest BCUT2D eigenvalue weighted by Gasteiger charge is -2.12. The van der Waals surface area contributed by atoms with Crippen molar-refractivity contribution >= 4 is 32.6 Å². The Labute approximate surface area is 182 Å². The molecule has 0 bridgehead atoms. The molecule has 1 aliphatic rings. The number of nitrogens with zero attached hydrogens (tertiary/aromatic N) is 4. The third-order valence-corrected chi connectivity index (χ3v) is 7.22. The first-order valence-corrected chi connectivity index (χ1v) is 11.7. The highest BCUT2D eigenvalue weighted by molar-refractivity contribution is 7.91. The third-order valence-electron chi connectivity index (χ3n) is 5.47. The molecule has 1 unspecified atom stereocenters. The van der Waals surface area contributed by atoms with Crippen molar-refractivity contribution in [2.45, 2.75) is 19.4 Å². The minimum atomic E-state index is -3.18. The number of nitrogens with one attached hydrogen (secondary N) is 1. The maximum atomic E-state index is 14.6. The number of benzene rings is 1. The minimum Gasteiger partial charge on any atom is -0.363 e. The molecule has 11 heteroatoms. The number of sulfone groups is 1. The Balaban J connectivity index is 1.72. The highest BCUT2D eigenvalue weighted by Crippen LogP contribution is 2.33. The van der Waals surface area contributed by atoms with Crippen molar-refractivity contribution < 1.29 is 22.1 Å². The first-order valence-electron chi connectivity index (χ1n) is 9.89. The SMILES string of the molecule is Cc1nn(C2CCS(=O)(=O)C2)c2nc(-c3ccccc3F)cc(C(=O)Nc3ccon3)c12. The quantitative estimate of drug-likeness (QED) is 0.502. The molecule has 32 heavy (non-hydrogen) atoms. The van der Waals surface area contributed by atoms with E-state index < -0.39 is 27.6 Å². The van der Waals surface area contributed by atoms with Crippen molar-refractivity contribution in [3.63, 3.8) is 0 Å². The molecule has 0 radical (unpaired) electrons. The standard InChI is InChI=1S/C21H18FN5O4S/c1-12-19-15(21(28)24-18-6-8-31-26-18)10-17(14-4-2-3-5-16(14)22)23-20(19)27(25-12)13-7-9-32(29,30)11-13/h2-6,8,10,13H,7,9,11H2,1H3,(H,24,26,28). The van der Waals surface area contributed by atoms with E-state index in [2.05, 4.69) is 20.6 Å². The van der Waals surface area contributed by atoms with E-state index in [9.17, 15) is 17.6 Å². The number of rotatable bonds is 4. The fraction of sp³-hybridized carbons (Fsp3) is 0.238. The average Bonchev–Trinajstić information content (AvgIpc) is 3.47. The number of hydrogen-bond acceptors (Lipinski definition) is 7. The van der Waals surface area contributed by atoms with Crippen molar-refractivity contribution in [3.05, 3.63) is 59.7 Å². The number of fused-ring (bicyclic) bond motifs is 1. The molecule has 1 aromatic carbocycles. The molecular formula is C21H18FN5O4S. The third kappa shape index (κ3) is 3.54. The van der Waals surface area contributed by atoms with Gasteiger partial charge in [0.25, 0.3) is 5.91 Å². The Hall–Kier alpha value is -3.60. The van der Waals surface area contributed by atoms with Gasteiger partial charge in [0.15, 0.2) is 21.3 Å². The molecule has 0 aliphatic carbocycles. The van der Waals surface area contributed by atoms with E-state index in [4.69, 9.17) is 4.52 Å². The second-order valence-electron chi connectivity index (χ2n) is 7.66. The lowest BCUT2D eigenvalue weighted by atomic mass is 10.0. The highest BCUT2D eigenvalue weighted by Gasteiger charge is 2.32. The van der Waals surface area contributed by atoms with Gasteiger partial charge in [0.2, 0.25) is 0 Å². The molecule has 9 nitrogen and oxygen atoms in total. The number of carbonyl (C=O) groups excluding carboxylic acids is 1. The zero-order valence-corrected chi connectivity index (χ0v) is 17.8. The zero-order valence-electron chi connectivity index (χ0n) is 16.9. The predicted octanol–water partition coefficient (Wildman–Crippen LogP) is 3.15. The Morgan fingerprint density at radius 2 is 2.09 bits per heavy atom. The largest absolute Gasteiger partial charge is 0.363 e. The molecule has 5 rings (SSSR count). The Kier molecular flexibility index (Phi) is 4.77. The topological polar surface area (TPSA) is 120 Å². The second kappa shape index (κ2) is 7.52. The summed E-state index contributed by atoms with van der Waals surface area (Å²) in [4.78, 5) is 17.7. The summed E-state index contributed by atoms with van der Waals surface area (Å²) in [5.74, 6) is -0.766. The molecule has 4 heterocycles. The normalized spacial score (nSPS) is 17.6. The lowest BCUT2D eigenvalue weighted by Crippen LogP contribution is -2.15. The van der Waals surface area contributed by atoms with Crippen LogP contribution in [0.5, 0.6) is 0 Å². The van der Waals surface area contributed by atoms with E-state index in [1.54, 1.807) is 29.8 Å². The molecule has 164 valence electrons. The zero-order chi connectivity index (χ0) is 22.5. The molecular weight excluding hydrogens is 437 g/mol. The summed E-state index contributed by atoms with van der Waals surface area (Å²) < 4.78 is 45.0. The van der Waals surface area contributed by atoms with Crippen LogP contribution in [-0.2, 0) is 9.84 Å². The van der Waals surface area contributed by atoms with Gasteiger partial charge in [-0.3, -0.25) is 4.79 Å². The second-order valence-corrected chi connectivity index (χ2v) is 9.89. The van der Waals surface area contributed by atoms with Gasteiger partial charge in [0.05, 0.1) is 39.9 Å². The maximum absolute atomic E-state index is 14.6. The van der Waals surface area contributed by atoms with Crippen LogP contribution in [0.3, 0.4) is 0 Å². The number of aromatic nitrogens is 4. The summed E-state index contributed by atoms with van der Waals surface area (Å²) in [5.41, 5.74) is 1.52. The number of carbonyl (C=O) groups is 1. The summed E-state index contributed by atoms with van der Waals surface area (Å²) in [5, 5.41) is 11.3. The first kappa shape index (κ1) is 20.3. The van der Waals surface area contributed by atoms with E-state index in [0.717, 1.165) is 0 Å². The molecule has 1 atom stereocenters. The van der Waals surface area contributed by atoms with Gasteiger partial charge in [0, 0.05) is 11.6 Å². The monoisotopic (exact) mass is 455 g/mol. The maximum Gasteiger partial charge on any atom is 0.257 e. The van der Waals surface area contributed by atoms with E-state index in [-0.39, 0.29) is 34.1 Å². The van der Waals surface area contributed by atoms with Crippen LogP contribution in [0.2, 0.25) is 0 Å². The Morgan fingerprint density at radius 1 is 1.28 bits per heavy atom. The predicted molar refractivity (Wildman–Crippen MR) is 114 cm³/mol. The molecule has 1 amide bonds. The van der Waals surface area contributed by atoms with E-state index in [1.165, 1.54) is 24.5 Å². The van der Waals surface area contributed by atoms with Gasteiger partial charge < -0.3 is 9.84 Å². The number of halogens is 1. The van der Waals surface area contributed by atoms with Crippen LogP contribution in [0.15, 0.2) is 47.2 Å². The Bertz CT molecular complexity index is 1450. The molecule has 1 fully saturated rings. The van der Waals surface area contributed by atoms with Crippen LogP contribution in [0, 0.1) is 12.7 Å². The van der Waals surface area contributed by atoms with E-state index >= 15 is 0 Å². The average molecular weight is 455 g/mol. The number of aryl methyl sites for hydroxylation is 1. The van der Waals surface area contributed by atoms with Gasteiger partial charge >= 0.3 is 0 Å². The highest BCUT2D eigenvalue weighted by atomic mass is 32.2. The van der Waals surface area contributed by atoms with Crippen LogP contribution in [0.4, 0.5) is 10.2 Å². The van der Waals surface area contributed by atoms with Gasteiger partial charge in [-0.15, -0.1) is 0 Å². The summed E-state index contributed by atoms with van der Waals surface area (Å²) in [6, 6.07) is 8.69. The van der Waals surface area contributed by atoms with Crippen molar-refractivity contribution in [3.8, 4) is 11.3 Å². The molecule has 1 aliphatic heterocycles. The molecule has 1 saturated heterocycles. The molecule has 3 aromatic heterocycles. The van der Waals surface area contributed by atoms with E-state index in [0.29, 0.717) is 23.1 Å². The number of amides is 1. The van der Waals surface area contributed by atoms with Crippen LogP contribution < -0.4 is 5.32 Å². The molecule has 0 saturated carbocycles. The summed E-state index contributed by atoms with van der Waals surface area (Å²) in [6.07, 6.45) is 1.72. The van der Waals surface area contributed by atoms with Crippen molar-refractivity contribution in [2.75, 3.05) is 16.8 Å². The minimum absolute atomic E-state index is 0.0601. The van der Waals surface area contributed by atoms with Crippen LogP contribution in [-0.4, -0.2) is 45.8 Å². The molecule has 0 spiro atoms. The summed E-state index contributed by atoms with van der Waals surface area (Å²) >= 11 is 0. The van der Waals surface area contributed by atoms with Crippen LogP contribution >= 0.6 is 0 Å². The van der Waals surface area contributed by atoms with Crippen molar-refractivity contribution in [1.29, 1.82) is 0 Å². The fourth-order valence-corrected chi connectivity index (χ4v) is 5.67. The summed E-state index contributed by atoms with van der Waals surface area (Å²) in [6.45, 7) is 1.72. The van der Waals surface area contributed by atoms with Gasteiger partial charge in [-0.25, -0.2) is 22.5 Å². The Morgan fingerprint density at radius 3 is 2.78 bits per heavy atom. The van der Waals surface area contributed by atoms with Crippen LogP contribution in [0.1, 0.15) is 28.5 Å². The lowest BCUT2D eigenvalue weighted by molar-refractivity contribution is 0.102. The first-order chi connectivity index (χ1) is 15.3. The molecule has 4 aromatic rings. The van der Waals surface area contributed by atoms with Gasteiger partial charge in [0.1, 0.15) is 12.1 Å². The van der Waals surface area contributed by atoms with Gasteiger partial charge in [-0.2, -0.15) is 5.10 Å². The van der Waals surface area contributed by atoms with Gasteiger partial charge in [-0.05, 0) is 31.5 Å².